The minimum atomic E-state index is -2.18. The molecule has 13 nitrogen and oxygen atoms in total. The summed E-state index contributed by atoms with van der Waals surface area (Å²) in [6, 6.07) is 1.83. The molecule has 1 spiro atoms. The van der Waals surface area contributed by atoms with Crippen molar-refractivity contribution in [3.8, 4) is 11.5 Å². The van der Waals surface area contributed by atoms with Gasteiger partial charge in [0.1, 0.15) is 24.4 Å². The van der Waals surface area contributed by atoms with E-state index in [-0.39, 0.29) is 48.9 Å². The Labute approximate surface area is 266 Å². The minimum absolute atomic E-state index is 0.00738. The van der Waals surface area contributed by atoms with Crippen molar-refractivity contribution in [1.29, 1.82) is 0 Å². The van der Waals surface area contributed by atoms with Crippen molar-refractivity contribution in [1.82, 2.24) is 5.32 Å². The summed E-state index contributed by atoms with van der Waals surface area (Å²) >= 11 is 0. The number of nitrogens with one attached hydrogen (secondary N) is 1. The van der Waals surface area contributed by atoms with Crippen molar-refractivity contribution in [3.05, 3.63) is 23.5 Å². The summed E-state index contributed by atoms with van der Waals surface area (Å²) < 4.78 is 29.9. The van der Waals surface area contributed by atoms with Crippen LogP contribution in [0.2, 0.25) is 0 Å². The van der Waals surface area contributed by atoms with Crippen molar-refractivity contribution in [2.24, 2.45) is 5.41 Å². The highest BCUT2D eigenvalue weighted by atomic mass is 16.7. The fourth-order valence-corrected chi connectivity index (χ4v) is 7.75. The van der Waals surface area contributed by atoms with E-state index in [0.717, 1.165) is 63.4 Å². The van der Waals surface area contributed by atoms with Crippen molar-refractivity contribution in [2.75, 3.05) is 13.2 Å². The van der Waals surface area contributed by atoms with E-state index >= 15 is 0 Å². The van der Waals surface area contributed by atoms with Gasteiger partial charge in [-0.1, -0.05) is 19.3 Å². The highest BCUT2D eigenvalue weighted by molar-refractivity contribution is 5.93. The van der Waals surface area contributed by atoms with E-state index in [1.807, 2.05) is 6.07 Å². The SMILES string of the molecule is CCOC(=O)CCc1cc2c(C3CNC(=O)C34CCCC4)coc2c(OC2CCCCC2)c1OC1OC(C(O)O)C(O)C(O)C1O. The molecule has 2 aromatic rings. The zero-order chi connectivity index (χ0) is 32.6. The Balaban J connectivity index is 1.47. The van der Waals surface area contributed by atoms with Crippen molar-refractivity contribution in [3.63, 3.8) is 0 Å². The molecule has 6 N–H and O–H groups in total. The third-order valence-corrected chi connectivity index (χ3v) is 10.2. The second kappa shape index (κ2) is 13.7. The molecule has 1 aromatic carbocycles. The summed E-state index contributed by atoms with van der Waals surface area (Å²) in [6.07, 6.45) is -1.18. The lowest BCUT2D eigenvalue weighted by Crippen LogP contribution is -2.62. The van der Waals surface area contributed by atoms with Gasteiger partial charge in [-0.05, 0) is 63.5 Å². The molecule has 1 aromatic heterocycles. The van der Waals surface area contributed by atoms with E-state index < -0.39 is 48.4 Å². The molecule has 6 atom stereocenters. The summed E-state index contributed by atoms with van der Waals surface area (Å²) in [5, 5.41) is 55.1. The molecule has 6 rings (SSSR count). The molecular formula is C33H45NO12. The van der Waals surface area contributed by atoms with Crippen LogP contribution < -0.4 is 14.8 Å². The van der Waals surface area contributed by atoms with Gasteiger partial charge < -0.3 is 54.2 Å². The summed E-state index contributed by atoms with van der Waals surface area (Å²) in [5.41, 5.74) is 1.19. The lowest BCUT2D eigenvalue weighted by atomic mass is 9.72. The Bertz CT molecular complexity index is 1390. The molecule has 2 saturated heterocycles. The lowest BCUT2D eigenvalue weighted by molar-refractivity contribution is -0.310. The predicted molar refractivity (Wildman–Crippen MR) is 161 cm³/mol. The molecule has 2 aliphatic heterocycles. The molecule has 46 heavy (non-hydrogen) atoms. The Hall–Kier alpha value is -2.94. The standard InChI is InChI=1S/C33H45NO12/c1-2-42-22(35)11-10-17-14-19-20(21-15-34-32(41)33(21)12-6-7-13-33)16-43-27(19)29(44-18-8-4-3-5-9-18)26(17)45-31-25(38)23(36)24(37)28(46-31)30(39)40/h14,16,18,21,23-25,28,30-31,36-40H,2-13,15H2,1H3,(H,34,41). The Morgan fingerprint density at radius 2 is 1.76 bits per heavy atom. The first-order chi connectivity index (χ1) is 22.1. The third kappa shape index (κ3) is 6.09. The van der Waals surface area contributed by atoms with Crippen LogP contribution in [-0.4, -0.2) is 93.7 Å². The molecule has 4 fully saturated rings. The van der Waals surface area contributed by atoms with Crippen molar-refractivity contribution < 1.29 is 58.5 Å². The number of benzene rings is 1. The average Bonchev–Trinajstić information content (AvgIpc) is 3.78. The number of aliphatic hydroxyl groups is 5. The van der Waals surface area contributed by atoms with Gasteiger partial charge in [0.15, 0.2) is 17.6 Å². The summed E-state index contributed by atoms with van der Waals surface area (Å²) in [6.45, 7) is 2.40. The molecular weight excluding hydrogens is 602 g/mol. The van der Waals surface area contributed by atoms with Crippen LogP contribution in [0.25, 0.3) is 11.0 Å². The first-order valence-electron chi connectivity index (χ1n) is 16.5. The van der Waals surface area contributed by atoms with Crippen LogP contribution in [0.1, 0.15) is 88.2 Å². The van der Waals surface area contributed by atoms with Crippen LogP contribution in [0, 0.1) is 5.41 Å². The van der Waals surface area contributed by atoms with E-state index in [1.54, 1.807) is 13.2 Å². The second-order valence-corrected chi connectivity index (χ2v) is 13.0. The average molecular weight is 648 g/mol. The van der Waals surface area contributed by atoms with Crippen LogP contribution in [0.5, 0.6) is 11.5 Å². The zero-order valence-electron chi connectivity index (χ0n) is 26.1. The van der Waals surface area contributed by atoms with E-state index in [2.05, 4.69) is 5.32 Å². The summed E-state index contributed by atoms with van der Waals surface area (Å²) in [4.78, 5) is 25.7. The normalized spacial score (nSPS) is 29.8. The number of esters is 1. The smallest absolute Gasteiger partial charge is 0.306 e. The van der Waals surface area contributed by atoms with Gasteiger partial charge in [-0.25, -0.2) is 0 Å². The van der Waals surface area contributed by atoms with Gasteiger partial charge in [0.25, 0.3) is 0 Å². The molecule has 2 aliphatic carbocycles. The van der Waals surface area contributed by atoms with Gasteiger partial charge in [-0.3, -0.25) is 9.59 Å². The van der Waals surface area contributed by atoms with Gasteiger partial charge >= 0.3 is 5.97 Å². The molecule has 0 bridgehead atoms. The van der Waals surface area contributed by atoms with Gasteiger partial charge in [0, 0.05) is 29.8 Å². The number of fused-ring (bicyclic) bond motifs is 1. The number of aryl methyl sites for hydroxylation is 1. The number of ether oxygens (including phenoxy) is 4. The molecule has 2 saturated carbocycles. The Kier molecular flexibility index (Phi) is 9.79. The minimum Gasteiger partial charge on any atom is -0.483 e. The van der Waals surface area contributed by atoms with E-state index in [1.165, 1.54) is 0 Å². The number of furan rings is 1. The molecule has 0 radical (unpaired) electrons. The van der Waals surface area contributed by atoms with Gasteiger partial charge in [0.05, 0.1) is 24.4 Å². The number of aliphatic hydroxyl groups excluding tert-OH is 4. The number of rotatable bonds is 10. The highest BCUT2D eigenvalue weighted by Crippen LogP contribution is 2.54. The van der Waals surface area contributed by atoms with Gasteiger partial charge in [0.2, 0.25) is 17.9 Å². The van der Waals surface area contributed by atoms with Crippen LogP contribution in [0.15, 0.2) is 16.7 Å². The van der Waals surface area contributed by atoms with Gasteiger partial charge in [-0.2, -0.15) is 0 Å². The zero-order valence-corrected chi connectivity index (χ0v) is 26.1. The first-order valence-corrected chi connectivity index (χ1v) is 16.5. The molecule has 1 amide bonds. The van der Waals surface area contributed by atoms with Crippen LogP contribution in [0.4, 0.5) is 0 Å². The quantitative estimate of drug-likeness (QED) is 0.162. The van der Waals surface area contributed by atoms with Crippen LogP contribution in [0.3, 0.4) is 0 Å². The van der Waals surface area contributed by atoms with Crippen LogP contribution in [-0.2, 0) is 25.5 Å². The number of amides is 1. The Morgan fingerprint density at radius 3 is 2.46 bits per heavy atom. The molecule has 3 heterocycles. The number of hydrogen-bond acceptors (Lipinski definition) is 12. The van der Waals surface area contributed by atoms with Crippen LogP contribution >= 0.6 is 0 Å². The van der Waals surface area contributed by atoms with Crippen molar-refractivity contribution >= 4 is 22.8 Å². The maximum Gasteiger partial charge on any atom is 0.306 e. The second-order valence-electron chi connectivity index (χ2n) is 13.0. The lowest BCUT2D eigenvalue weighted by Gasteiger charge is -2.41. The highest BCUT2D eigenvalue weighted by Gasteiger charge is 2.53. The molecule has 13 heteroatoms. The van der Waals surface area contributed by atoms with Gasteiger partial charge in [-0.15, -0.1) is 0 Å². The monoisotopic (exact) mass is 647 g/mol. The fraction of sp³-hybridized carbons (Fsp3) is 0.697. The van der Waals surface area contributed by atoms with Crippen molar-refractivity contribution in [2.45, 2.75) is 127 Å². The topological polar surface area (TPSA) is 197 Å². The maximum atomic E-state index is 13.2. The summed E-state index contributed by atoms with van der Waals surface area (Å²) in [5.74, 6) is -0.191. The van der Waals surface area contributed by atoms with E-state index in [4.69, 9.17) is 23.4 Å². The molecule has 6 unspecified atom stereocenters. The maximum absolute atomic E-state index is 13.2. The van der Waals surface area contributed by atoms with E-state index in [9.17, 15) is 35.1 Å². The largest absolute Gasteiger partial charge is 0.483 e. The molecule has 254 valence electrons. The first kappa shape index (κ1) is 33.0. The Morgan fingerprint density at radius 1 is 1.02 bits per heavy atom. The number of carbonyl (C=O) groups is 2. The van der Waals surface area contributed by atoms with E-state index in [0.29, 0.717) is 23.1 Å². The number of hydrogen-bond donors (Lipinski definition) is 6. The summed E-state index contributed by atoms with van der Waals surface area (Å²) in [7, 11) is 0. The molecule has 4 aliphatic rings. The fourth-order valence-electron chi connectivity index (χ4n) is 7.75. The predicted octanol–water partition coefficient (Wildman–Crippen LogP) is 1.91. The number of carbonyl (C=O) groups excluding carboxylic acids is 2. The third-order valence-electron chi connectivity index (χ3n) is 10.2.